The minimum Gasteiger partial charge on any atom is -0.508 e. The van der Waals surface area contributed by atoms with Gasteiger partial charge in [0, 0.05) is 0 Å². The van der Waals surface area contributed by atoms with Gasteiger partial charge in [-0.1, -0.05) is 48.5 Å². The highest BCUT2D eigenvalue weighted by atomic mass is 16.3. The normalized spacial score (nSPS) is 10.7. The summed E-state index contributed by atoms with van der Waals surface area (Å²) in [4.78, 5) is 0. The monoisotopic (exact) mass is 234 g/mol. The number of phenols is 1. The molecule has 88 valence electrons. The van der Waals surface area contributed by atoms with Gasteiger partial charge in [-0.15, -0.1) is 0 Å². The molecule has 0 aliphatic heterocycles. The molecule has 0 amide bonds. The number of rotatable bonds is 1. The van der Waals surface area contributed by atoms with E-state index in [1.165, 1.54) is 21.9 Å². The van der Waals surface area contributed by atoms with Gasteiger partial charge in [0.25, 0.3) is 0 Å². The molecule has 1 heteroatoms. The molecule has 0 fully saturated rings. The summed E-state index contributed by atoms with van der Waals surface area (Å²) in [6, 6.07) is 20.1. The summed E-state index contributed by atoms with van der Waals surface area (Å²) in [5.41, 5.74) is 3.63. The van der Waals surface area contributed by atoms with Crippen molar-refractivity contribution < 1.29 is 5.11 Å². The van der Waals surface area contributed by atoms with Crippen LogP contribution in [0.4, 0.5) is 0 Å². The summed E-state index contributed by atoms with van der Waals surface area (Å²) in [5.74, 6) is 0.302. The van der Waals surface area contributed by atoms with Gasteiger partial charge in [0.1, 0.15) is 5.75 Å². The second kappa shape index (κ2) is 4.19. The maximum absolute atomic E-state index is 9.39. The fourth-order valence-electron chi connectivity index (χ4n) is 2.39. The van der Waals surface area contributed by atoms with E-state index in [1.807, 2.05) is 12.1 Å². The van der Waals surface area contributed by atoms with Crippen molar-refractivity contribution in [3.63, 3.8) is 0 Å². The summed E-state index contributed by atoms with van der Waals surface area (Å²) in [5, 5.41) is 11.9. The Kier molecular flexibility index (Phi) is 2.52. The van der Waals surface area contributed by atoms with Crippen LogP contribution >= 0.6 is 0 Å². The lowest BCUT2D eigenvalue weighted by molar-refractivity contribution is 0.475. The predicted molar refractivity (Wildman–Crippen MR) is 75.8 cm³/mol. The Bertz CT molecular complexity index is 696. The van der Waals surface area contributed by atoms with E-state index in [0.29, 0.717) is 5.75 Å². The van der Waals surface area contributed by atoms with Gasteiger partial charge in [-0.05, 0) is 46.5 Å². The Morgan fingerprint density at radius 1 is 0.778 bits per heavy atom. The van der Waals surface area contributed by atoms with Gasteiger partial charge in [0.05, 0.1) is 0 Å². The van der Waals surface area contributed by atoms with Crippen molar-refractivity contribution in [1.29, 1.82) is 0 Å². The maximum Gasteiger partial charge on any atom is 0.115 e. The number of benzene rings is 3. The van der Waals surface area contributed by atoms with Crippen LogP contribution in [0.5, 0.6) is 5.75 Å². The Labute approximate surface area is 106 Å². The standard InChI is InChI=1S/C17H14O/c1-12-6-7-13-4-2-3-5-16(13)17(12)14-8-10-15(18)11-9-14/h2-11,18H,1H3. The van der Waals surface area contributed by atoms with Gasteiger partial charge in [-0.2, -0.15) is 0 Å². The van der Waals surface area contributed by atoms with Crippen LogP contribution in [0.25, 0.3) is 21.9 Å². The van der Waals surface area contributed by atoms with Crippen LogP contribution in [0, 0.1) is 6.92 Å². The minimum absolute atomic E-state index is 0.302. The average molecular weight is 234 g/mol. The zero-order valence-electron chi connectivity index (χ0n) is 10.2. The Morgan fingerprint density at radius 3 is 2.28 bits per heavy atom. The van der Waals surface area contributed by atoms with Crippen molar-refractivity contribution in [2.75, 3.05) is 0 Å². The van der Waals surface area contributed by atoms with Crippen molar-refractivity contribution in [2.24, 2.45) is 0 Å². The van der Waals surface area contributed by atoms with Gasteiger partial charge >= 0.3 is 0 Å². The van der Waals surface area contributed by atoms with Crippen molar-refractivity contribution in [1.82, 2.24) is 0 Å². The maximum atomic E-state index is 9.39. The first-order chi connectivity index (χ1) is 8.75. The zero-order valence-corrected chi connectivity index (χ0v) is 10.2. The molecular weight excluding hydrogens is 220 g/mol. The largest absolute Gasteiger partial charge is 0.508 e. The summed E-state index contributed by atoms with van der Waals surface area (Å²) < 4.78 is 0. The molecule has 0 heterocycles. The van der Waals surface area contributed by atoms with E-state index in [2.05, 4.69) is 43.3 Å². The molecule has 0 saturated heterocycles. The van der Waals surface area contributed by atoms with Crippen molar-refractivity contribution in [2.45, 2.75) is 6.92 Å². The molecule has 3 rings (SSSR count). The molecule has 0 bridgehead atoms. The van der Waals surface area contributed by atoms with Gasteiger partial charge in [0.15, 0.2) is 0 Å². The van der Waals surface area contributed by atoms with Gasteiger partial charge in [-0.3, -0.25) is 0 Å². The zero-order chi connectivity index (χ0) is 12.5. The number of aromatic hydroxyl groups is 1. The topological polar surface area (TPSA) is 20.2 Å². The molecule has 1 N–H and O–H groups in total. The van der Waals surface area contributed by atoms with Crippen LogP contribution in [0.3, 0.4) is 0 Å². The molecular formula is C17H14O. The SMILES string of the molecule is Cc1ccc2ccccc2c1-c1ccc(O)cc1. The minimum atomic E-state index is 0.302. The fraction of sp³-hybridized carbons (Fsp3) is 0.0588. The van der Waals surface area contributed by atoms with Crippen LogP contribution in [-0.2, 0) is 0 Å². The van der Waals surface area contributed by atoms with Crippen LogP contribution in [0.15, 0.2) is 60.7 Å². The van der Waals surface area contributed by atoms with Gasteiger partial charge in [0.2, 0.25) is 0 Å². The number of aryl methyl sites for hydroxylation is 1. The third kappa shape index (κ3) is 1.74. The second-order valence-electron chi connectivity index (χ2n) is 4.53. The van der Waals surface area contributed by atoms with Crippen molar-refractivity contribution in [3.05, 3.63) is 66.2 Å². The van der Waals surface area contributed by atoms with E-state index in [1.54, 1.807) is 12.1 Å². The van der Waals surface area contributed by atoms with E-state index in [-0.39, 0.29) is 0 Å². The molecule has 3 aromatic carbocycles. The number of fused-ring (bicyclic) bond motifs is 1. The summed E-state index contributed by atoms with van der Waals surface area (Å²) in [7, 11) is 0. The third-order valence-electron chi connectivity index (χ3n) is 3.29. The number of hydrogen-bond acceptors (Lipinski definition) is 1. The third-order valence-corrected chi connectivity index (χ3v) is 3.29. The molecule has 1 nitrogen and oxygen atoms in total. The molecule has 0 aromatic heterocycles. The lowest BCUT2D eigenvalue weighted by atomic mass is 9.94. The molecule has 0 atom stereocenters. The summed E-state index contributed by atoms with van der Waals surface area (Å²) in [6.45, 7) is 2.12. The number of phenolic OH excluding ortho intramolecular Hbond substituents is 1. The van der Waals surface area contributed by atoms with Crippen LogP contribution in [-0.4, -0.2) is 5.11 Å². The van der Waals surface area contributed by atoms with Crippen molar-refractivity contribution >= 4 is 10.8 Å². The smallest absolute Gasteiger partial charge is 0.115 e. The Balaban J connectivity index is 2.33. The molecule has 0 unspecified atom stereocenters. The van der Waals surface area contributed by atoms with E-state index in [9.17, 15) is 5.11 Å². The quantitative estimate of drug-likeness (QED) is 0.656. The molecule has 18 heavy (non-hydrogen) atoms. The fourth-order valence-corrected chi connectivity index (χ4v) is 2.39. The first-order valence-corrected chi connectivity index (χ1v) is 6.03. The van der Waals surface area contributed by atoms with Crippen LogP contribution in [0.1, 0.15) is 5.56 Å². The first-order valence-electron chi connectivity index (χ1n) is 6.03. The van der Waals surface area contributed by atoms with Gasteiger partial charge < -0.3 is 5.11 Å². The highest BCUT2D eigenvalue weighted by Crippen LogP contribution is 2.32. The number of hydrogen-bond donors (Lipinski definition) is 1. The van der Waals surface area contributed by atoms with Crippen molar-refractivity contribution in [3.8, 4) is 16.9 Å². The molecule has 0 aliphatic rings. The predicted octanol–water partition coefficient (Wildman–Crippen LogP) is 4.52. The Hall–Kier alpha value is -2.28. The highest BCUT2D eigenvalue weighted by molar-refractivity contribution is 5.98. The van der Waals surface area contributed by atoms with E-state index < -0.39 is 0 Å². The lowest BCUT2D eigenvalue weighted by Gasteiger charge is -2.10. The highest BCUT2D eigenvalue weighted by Gasteiger charge is 2.06. The van der Waals surface area contributed by atoms with Crippen LogP contribution in [0.2, 0.25) is 0 Å². The van der Waals surface area contributed by atoms with E-state index in [4.69, 9.17) is 0 Å². The first kappa shape index (κ1) is 10.8. The molecule has 3 aromatic rings. The second-order valence-corrected chi connectivity index (χ2v) is 4.53. The molecule has 0 radical (unpaired) electrons. The van der Waals surface area contributed by atoms with Crippen LogP contribution < -0.4 is 0 Å². The summed E-state index contributed by atoms with van der Waals surface area (Å²) in [6.07, 6.45) is 0. The van der Waals surface area contributed by atoms with E-state index >= 15 is 0 Å². The Morgan fingerprint density at radius 2 is 1.50 bits per heavy atom. The van der Waals surface area contributed by atoms with E-state index in [0.717, 1.165) is 5.56 Å². The lowest BCUT2D eigenvalue weighted by Crippen LogP contribution is -1.85. The average Bonchev–Trinajstić information content (AvgIpc) is 2.40. The molecule has 0 aliphatic carbocycles. The molecule has 0 saturated carbocycles. The van der Waals surface area contributed by atoms with Gasteiger partial charge in [-0.25, -0.2) is 0 Å². The summed E-state index contributed by atoms with van der Waals surface area (Å²) >= 11 is 0. The molecule has 0 spiro atoms.